The van der Waals surface area contributed by atoms with Gasteiger partial charge in [0.1, 0.15) is 28.1 Å². The fraction of sp³-hybridized carbons (Fsp3) is 0.100. The fourth-order valence-electron chi connectivity index (χ4n) is 2.64. The maximum absolute atomic E-state index is 14.2. The summed E-state index contributed by atoms with van der Waals surface area (Å²) in [5.41, 5.74) is 0.116. The molecule has 0 saturated heterocycles. The molecule has 0 bridgehead atoms. The molecule has 0 aliphatic rings. The first kappa shape index (κ1) is 19.8. The molecule has 0 heterocycles. The average molecular weight is 407 g/mol. The number of methoxy groups -OCH3 is 1. The molecule has 0 unspecified atom stereocenters. The zero-order chi connectivity index (χ0) is 20.3. The lowest BCUT2D eigenvalue weighted by molar-refractivity contribution is 0.415. The highest BCUT2D eigenvalue weighted by Crippen LogP contribution is 2.29. The highest BCUT2D eigenvalue weighted by atomic mass is 32.2. The minimum Gasteiger partial charge on any atom is -0.497 e. The molecule has 0 aliphatic carbocycles. The predicted molar refractivity (Wildman–Crippen MR) is 99.1 cm³/mol. The van der Waals surface area contributed by atoms with Gasteiger partial charge in [0.15, 0.2) is 0 Å². The fourth-order valence-corrected chi connectivity index (χ4v) is 4.15. The summed E-state index contributed by atoms with van der Waals surface area (Å²) in [4.78, 5) is -0.548. The second-order valence-corrected chi connectivity index (χ2v) is 7.71. The molecule has 0 radical (unpaired) electrons. The molecule has 0 saturated carbocycles. The van der Waals surface area contributed by atoms with E-state index in [2.05, 4.69) is 0 Å². The monoisotopic (exact) mass is 407 g/mol. The Labute approximate surface area is 160 Å². The summed E-state index contributed by atoms with van der Waals surface area (Å²) >= 11 is 0. The van der Waals surface area contributed by atoms with Crippen LogP contribution in [-0.4, -0.2) is 15.5 Å². The number of ether oxygens (including phenoxy) is 1. The van der Waals surface area contributed by atoms with Crippen LogP contribution in [0.25, 0.3) is 0 Å². The molecule has 3 aromatic carbocycles. The van der Waals surface area contributed by atoms with Gasteiger partial charge in [-0.2, -0.15) is 0 Å². The van der Waals surface area contributed by atoms with E-state index in [4.69, 9.17) is 4.74 Å². The number of hydrogen-bond acceptors (Lipinski definition) is 3. The van der Waals surface area contributed by atoms with Crippen LogP contribution in [0.2, 0.25) is 0 Å². The first-order valence-corrected chi connectivity index (χ1v) is 9.62. The van der Waals surface area contributed by atoms with E-state index in [-0.39, 0.29) is 11.3 Å². The van der Waals surface area contributed by atoms with Crippen LogP contribution in [0.3, 0.4) is 0 Å². The lowest BCUT2D eigenvalue weighted by atomic mass is 10.2. The highest BCUT2D eigenvalue weighted by Gasteiger charge is 2.28. The minimum absolute atomic E-state index is 0.0582. The van der Waals surface area contributed by atoms with Crippen LogP contribution in [-0.2, 0) is 16.6 Å². The van der Waals surface area contributed by atoms with Crippen LogP contribution in [0.15, 0.2) is 71.6 Å². The van der Waals surface area contributed by atoms with Crippen molar-refractivity contribution in [1.82, 2.24) is 0 Å². The molecule has 0 fully saturated rings. The maximum atomic E-state index is 14.2. The van der Waals surface area contributed by atoms with Gasteiger partial charge in [0.05, 0.1) is 19.3 Å². The van der Waals surface area contributed by atoms with Crippen molar-refractivity contribution in [3.8, 4) is 5.75 Å². The molecule has 3 rings (SSSR count). The molecule has 0 spiro atoms. The van der Waals surface area contributed by atoms with E-state index in [1.165, 1.54) is 43.5 Å². The molecular weight excluding hydrogens is 391 g/mol. The Bertz CT molecular complexity index is 1090. The van der Waals surface area contributed by atoms with Gasteiger partial charge in [-0.05, 0) is 42.5 Å². The van der Waals surface area contributed by atoms with Crippen LogP contribution in [0, 0.1) is 17.5 Å². The summed E-state index contributed by atoms with van der Waals surface area (Å²) in [6, 6.07) is 13.7. The van der Waals surface area contributed by atoms with Crippen LogP contribution < -0.4 is 9.04 Å². The topological polar surface area (TPSA) is 46.6 Å². The van der Waals surface area contributed by atoms with Gasteiger partial charge in [-0.3, -0.25) is 4.31 Å². The number of halogens is 3. The maximum Gasteiger partial charge on any atom is 0.267 e. The number of rotatable bonds is 6. The number of anilines is 1. The van der Waals surface area contributed by atoms with Crippen molar-refractivity contribution < 1.29 is 26.3 Å². The zero-order valence-corrected chi connectivity index (χ0v) is 15.6. The van der Waals surface area contributed by atoms with Gasteiger partial charge in [-0.1, -0.05) is 18.2 Å². The highest BCUT2D eigenvalue weighted by molar-refractivity contribution is 7.92. The third-order valence-corrected chi connectivity index (χ3v) is 5.90. The Kier molecular flexibility index (Phi) is 5.60. The molecule has 0 aromatic heterocycles. The van der Waals surface area contributed by atoms with Crippen molar-refractivity contribution in [1.29, 1.82) is 0 Å². The smallest absolute Gasteiger partial charge is 0.267 e. The first-order valence-electron chi connectivity index (χ1n) is 8.18. The van der Waals surface area contributed by atoms with E-state index in [1.54, 1.807) is 0 Å². The Morgan fingerprint density at radius 2 is 1.57 bits per heavy atom. The van der Waals surface area contributed by atoms with Crippen molar-refractivity contribution in [3.05, 3.63) is 89.7 Å². The number of nitrogens with zero attached hydrogens (tertiary/aromatic N) is 1. The SMILES string of the molecule is COc1ccc(N(Cc2ccc(F)cc2F)S(=O)(=O)c2ccccc2F)cc1. The van der Waals surface area contributed by atoms with Crippen molar-refractivity contribution in [2.45, 2.75) is 11.4 Å². The second kappa shape index (κ2) is 7.93. The summed E-state index contributed by atoms with van der Waals surface area (Å²) in [6.45, 7) is -0.449. The Morgan fingerprint density at radius 1 is 0.893 bits per heavy atom. The average Bonchev–Trinajstić information content (AvgIpc) is 2.67. The zero-order valence-electron chi connectivity index (χ0n) is 14.8. The summed E-state index contributed by atoms with van der Waals surface area (Å²) in [5, 5.41) is 0. The third-order valence-electron chi connectivity index (χ3n) is 4.09. The van der Waals surface area contributed by atoms with Gasteiger partial charge in [0, 0.05) is 11.6 Å². The Hall–Kier alpha value is -3.00. The minimum atomic E-state index is -4.37. The quantitative estimate of drug-likeness (QED) is 0.604. The van der Waals surface area contributed by atoms with Gasteiger partial charge in [0.25, 0.3) is 10.0 Å². The molecule has 146 valence electrons. The van der Waals surface area contributed by atoms with E-state index in [1.807, 2.05) is 0 Å². The van der Waals surface area contributed by atoms with E-state index in [0.29, 0.717) is 11.8 Å². The van der Waals surface area contributed by atoms with Crippen LogP contribution in [0.5, 0.6) is 5.75 Å². The van der Waals surface area contributed by atoms with Gasteiger partial charge in [0.2, 0.25) is 0 Å². The lowest BCUT2D eigenvalue weighted by Gasteiger charge is -2.25. The lowest BCUT2D eigenvalue weighted by Crippen LogP contribution is -2.31. The van der Waals surface area contributed by atoms with E-state index >= 15 is 0 Å². The van der Waals surface area contributed by atoms with Gasteiger partial charge in [-0.15, -0.1) is 0 Å². The Morgan fingerprint density at radius 3 is 2.18 bits per heavy atom. The Balaban J connectivity index is 2.11. The molecule has 28 heavy (non-hydrogen) atoms. The van der Waals surface area contributed by atoms with Crippen molar-refractivity contribution in [3.63, 3.8) is 0 Å². The van der Waals surface area contributed by atoms with E-state index in [0.717, 1.165) is 28.6 Å². The molecule has 0 N–H and O–H groups in total. The summed E-state index contributed by atoms with van der Waals surface area (Å²) in [6.07, 6.45) is 0. The largest absolute Gasteiger partial charge is 0.497 e. The standard InChI is InChI=1S/C20H16F3NO3S/c1-27-17-10-8-16(9-11-17)24(13-14-6-7-15(21)12-19(14)23)28(25,26)20-5-3-2-4-18(20)22/h2-12H,13H2,1H3. The molecule has 0 atom stereocenters. The number of sulfonamides is 1. The molecule has 0 aliphatic heterocycles. The molecule has 8 heteroatoms. The van der Waals surface area contributed by atoms with E-state index < -0.39 is 38.9 Å². The molecular formula is C20H16F3NO3S. The van der Waals surface area contributed by atoms with Crippen molar-refractivity contribution in [2.24, 2.45) is 0 Å². The van der Waals surface area contributed by atoms with Crippen LogP contribution in [0.1, 0.15) is 5.56 Å². The first-order chi connectivity index (χ1) is 13.3. The molecule has 3 aromatic rings. The molecule has 4 nitrogen and oxygen atoms in total. The number of hydrogen-bond donors (Lipinski definition) is 0. The summed E-state index contributed by atoms with van der Waals surface area (Å²) < 4.78 is 73.8. The summed E-state index contributed by atoms with van der Waals surface area (Å²) in [5.74, 6) is -2.13. The normalized spacial score (nSPS) is 11.3. The van der Waals surface area contributed by atoms with Crippen LogP contribution in [0.4, 0.5) is 18.9 Å². The van der Waals surface area contributed by atoms with Crippen molar-refractivity contribution >= 4 is 15.7 Å². The van der Waals surface area contributed by atoms with Crippen molar-refractivity contribution in [2.75, 3.05) is 11.4 Å². The summed E-state index contributed by atoms with van der Waals surface area (Å²) in [7, 11) is -2.92. The van der Waals surface area contributed by atoms with Crippen LogP contribution >= 0.6 is 0 Å². The number of benzene rings is 3. The van der Waals surface area contributed by atoms with Gasteiger partial charge >= 0.3 is 0 Å². The molecule has 0 amide bonds. The predicted octanol–water partition coefficient (Wildman–Crippen LogP) is 4.51. The van der Waals surface area contributed by atoms with E-state index in [9.17, 15) is 21.6 Å². The van der Waals surface area contributed by atoms with Gasteiger partial charge in [-0.25, -0.2) is 21.6 Å². The van der Waals surface area contributed by atoms with Gasteiger partial charge < -0.3 is 4.74 Å². The second-order valence-electron chi connectivity index (χ2n) is 5.88. The third kappa shape index (κ3) is 3.96.